The Hall–Kier alpha value is -1.16. The van der Waals surface area contributed by atoms with E-state index in [4.69, 9.17) is 0 Å². The van der Waals surface area contributed by atoms with Gasteiger partial charge in [-0.05, 0) is 31.4 Å². The third-order valence-corrected chi connectivity index (χ3v) is 3.75. The zero-order chi connectivity index (χ0) is 13.3. The zero-order valence-electron chi connectivity index (χ0n) is 11.1. The molecule has 0 atom stereocenters. The maximum Gasteiger partial charge on any atom is 0.0729 e. The molecular weight excluding hydrogens is 302 g/mol. The van der Waals surface area contributed by atoms with Crippen LogP contribution in [0.1, 0.15) is 37.8 Å². The number of hydrogen-bond donors (Lipinski definition) is 0. The Morgan fingerprint density at radius 1 is 0.947 bits per heavy atom. The number of aromatic nitrogens is 3. The summed E-state index contributed by atoms with van der Waals surface area (Å²) in [4.78, 5) is 0. The summed E-state index contributed by atoms with van der Waals surface area (Å²) in [5.74, 6) is 0. The third-order valence-electron chi connectivity index (χ3n) is 3.19. The second-order valence-corrected chi connectivity index (χ2v) is 5.47. The first-order valence-corrected chi connectivity index (χ1v) is 8.05. The molecule has 0 aliphatic rings. The van der Waals surface area contributed by atoms with E-state index < -0.39 is 0 Å². The molecule has 19 heavy (non-hydrogen) atoms. The summed E-state index contributed by atoms with van der Waals surface area (Å²) in [7, 11) is 0. The van der Waals surface area contributed by atoms with Gasteiger partial charge in [-0.25, -0.2) is 4.68 Å². The van der Waals surface area contributed by atoms with Crippen LogP contribution in [0.2, 0.25) is 0 Å². The summed E-state index contributed by atoms with van der Waals surface area (Å²) in [5, 5.41) is 9.33. The van der Waals surface area contributed by atoms with Crippen molar-refractivity contribution in [3.63, 3.8) is 0 Å². The van der Waals surface area contributed by atoms with Gasteiger partial charge in [0.2, 0.25) is 0 Å². The third kappa shape index (κ3) is 4.46. The molecule has 0 bridgehead atoms. The summed E-state index contributed by atoms with van der Waals surface area (Å²) < 4.78 is 1.94. The van der Waals surface area contributed by atoms with Crippen molar-refractivity contribution >= 4 is 15.9 Å². The van der Waals surface area contributed by atoms with Crippen LogP contribution in [0.15, 0.2) is 36.5 Å². The molecule has 0 spiro atoms. The largest absolute Gasteiger partial charge is 0.218 e. The lowest BCUT2D eigenvalue weighted by molar-refractivity contribution is 0.622. The fraction of sp³-hybridized carbons (Fsp3) is 0.467. The lowest BCUT2D eigenvalue weighted by Crippen LogP contribution is -2.02. The van der Waals surface area contributed by atoms with Gasteiger partial charge in [0.1, 0.15) is 0 Å². The van der Waals surface area contributed by atoms with Crippen molar-refractivity contribution in [2.75, 3.05) is 5.33 Å². The van der Waals surface area contributed by atoms with Gasteiger partial charge in [0, 0.05) is 5.33 Å². The summed E-state index contributed by atoms with van der Waals surface area (Å²) in [6.07, 6.45) is 9.35. The maximum atomic E-state index is 4.18. The van der Waals surface area contributed by atoms with Crippen LogP contribution in [-0.2, 0) is 6.42 Å². The summed E-state index contributed by atoms with van der Waals surface area (Å²) in [6.45, 7) is 0. The van der Waals surface area contributed by atoms with E-state index in [1.165, 1.54) is 37.8 Å². The number of benzene rings is 1. The minimum absolute atomic E-state index is 1.05. The van der Waals surface area contributed by atoms with Crippen LogP contribution in [0.5, 0.6) is 0 Å². The molecule has 1 aromatic heterocycles. The van der Waals surface area contributed by atoms with Crippen LogP contribution in [0.25, 0.3) is 5.69 Å². The van der Waals surface area contributed by atoms with Gasteiger partial charge >= 0.3 is 0 Å². The molecule has 0 saturated carbocycles. The predicted molar refractivity (Wildman–Crippen MR) is 81.9 cm³/mol. The standard InChI is InChI=1S/C15H20BrN3/c16-12-8-3-1-2-5-11-15-13-17-18-19(15)14-9-6-4-7-10-14/h4,6-7,9-10,13H,1-3,5,8,11-12H2. The number of halogens is 1. The number of aryl methyl sites for hydroxylation is 1. The molecule has 4 heteroatoms. The monoisotopic (exact) mass is 321 g/mol. The van der Waals surface area contributed by atoms with Crippen molar-refractivity contribution < 1.29 is 0 Å². The maximum absolute atomic E-state index is 4.18. The number of para-hydroxylation sites is 1. The van der Waals surface area contributed by atoms with Gasteiger partial charge in [-0.2, -0.15) is 0 Å². The molecule has 0 aliphatic heterocycles. The van der Waals surface area contributed by atoms with Crippen molar-refractivity contribution in [2.24, 2.45) is 0 Å². The highest BCUT2D eigenvalue weighted by Crippen LogP contribution is 2.12. The average molecular weight is 322 g/mol. The quantitative estimate of drug-likeness (QED) is 0.540. The summed E-state index contributed by atoms with van der Waals surface area (Å²) >= 11 is 3.47. The normalized spacial score (nSPS) is 10.8. The first-order chi connectivity index (χ1) is 9.42. The molecule has 0 radical (unpaired) electrons. The Morgan fingerprint density at radius 3 is 2.47 bits per heavy atom. The lowest BCUT2D eigenvalue weighted by Gasteiger charge is -2.05. The average Bonchev–Trinajstić information content (AvgIpc) is 2.92. The van der Waals surface area contributed by atoms with Crippen LogP contribution >= 0.6 is 15.9 Å². The van der Waals surface area contributed by atoms with E-state index >= 15 is 0 Å². The van der Waals surface area contributed by atoms with Crippen LogP contribution in [0.4, 0.5) is 0 Å². The smallest absolute Gasteiger partial charge is 0.0729 e. The molecule has 2 rings (SSSR count). The SMILES string of the molecule is BrCCCCCCCc1cnnn1-c1ccccc1. The molecule has 3 nitrogen and oxygen atoms in total. The number of hydrogen-bond acceptors (Lipinski definition) is 2. The Kier molecular flexibility index (Phi) is 6.08. The fourth-order valence-corrected chi connectivity index (χ4v) is 2.54. The fourth-order valence-electron chi connectivity index (χ4n) is 2.14. The molecule has 0 aliphatic carbocycles. The van der Waals surface area contributed by atoms with Gasteiger partial charge in [-0.3, -0.25) is 0 Å². The van der Waals surface area contributed by atoms with Gasteiger partial charge in [-0.1, -0.05) is 58.6 Å². The lowest BCUT2D eigenvalue weighted by atomic mass is 10.1. The van der Waals surface area contributed by atoms with E-state index in [0.717, 1.165) is 17.4 Å². The van der Waals surface area contributed by atoms with Crippen LogP contribution in [0, 0.1) is 0 Å². The van der Waals surface area contributed by atoms with Crippen molar-refractivity contribution in [1.82, 2.24) is 15.0 Å². The van der Waals surface area contributed by atoms with E-state index in [1.54, 1.807) is 0 Å². The molecular formula is C15H20BrN3. The highest BCUT2D eigenvalue weighted by Gasteiger charge is 2.05. The van der Waals surface area contributed by atoms with E-state index in [1.807, 2.05) is 29.1 Å². The first kappa shape index (κ1) is 14.3. The van der Waals surface area contributed by atoms with E-state index in [9.17, 15) is 0 Å². The number of unbranched alkanes of at least 4 members (excludes halogenated alkanes) is 4. The Bertz CT molecular complexity index is 467. The van der Waals surface area contributed by atoms with E-state index in [2.05, 4.69) is 38.4 Å². The van der Waals surface area contributed by atoms with Gasteiger partial charge in [0.05, 0.1) is 17.6 Å². The Morgan fingerprint density at radius 2 is 1.68 bits per heavy atom. The number of rotatable bonds is 8. The highest BCUT2D eigenvalue weighted by molar-refractivity contribution is 9.09. The topological polar surface area (TPSA) is 30.7 Å². The number of nitrogens with zero attached hydrogens (tertiary/aromatic N) is 3. The van der Waals surface area contributed by atoms with Gasteiger partial charge < -0.3 is 0 Å². The minimum Gasteiger partial charge on any atom is -0.218 e. The van der Waals surface area contributed by atoms with Crippen molar-refractivity contribution in [3.8, 4) is 5.69 Å². The molecule has 0 unspecified atom stereocenters. The van der Waals surface area contributed by atoms with Crippen LogP contribution in [0.3, 0.4) is 0 Å². The number of alkyl halides is 1. The van der Waals surface area contributed by atoms with Crippen molar-refractivity contribution in [1.29, 1.82) is 0 Å². The highest BCUT2D eigenvalue weighted by atomic mass is 79.9. The van der Waals surface area contributed by atoms with Gasteiger partial charge in [-0.15, -0.1) is 5.10 Å². The molecule has 0 N–H and O–H groups in total. The molecule has 0 fully saturated rings. The van der Waals surface area contributed by atoms with E-state index in [0.29, 0.717) is 0 Å². The zero-order valence-corrected chi connectivity index (χ0v) is 12.7. The summed E-state index contributed by atoms with van der Waals surface area (Å²) in [6, 6.07) is 10.2. The molecule has 1 aromatic carbocycles. The van der Waals surface area contributed by atoms with Crippen LogP contribution < -0.4 is 0 Å². The summed E-state index contributed by atoms with van der Waals surface area (Å²) in [5.41, 5.74) is 2.29. The van der Waals surface area contributed by atoms with Crippen molar-refractivity contribution in [3.05, 3.63) is 42.2 Å². The molecule has 2 aromatic rings. The van der Waals surface area contributed by atoms with Crippen molar-refractivity contribution in [2.45, 2.75) is 38.5 Å². The molecule has 102 valence electrons. The predicted octanol–water partition coefficient (Wildman–Crippen LogP) is 4.16. The molecule has 0 amide bonds. The molecule has 0 saturated heterocycles. The minimum atomic E-state index is 1.05. The Labute approximate surface area is 123 Å². The van der Waals surface area contributed by atoms with Crippen LogP contribution in [-0.4, -0.2) is 20.3 Å². The second kappa shape index (κ2) is 8.10. The Balaban J connectivity index is 1.83. The van der Waals surface area contributed by atoms with Gasteiger partial charge in [0.15, 0.2) is 0 Å². The van der Waals surface area contributed by atoms with E-state index in [-0.39, 0.29) is 0 Å². The molecule has 1 heterocycles. The van der Waals surface area contributed by atoms with Gasteiger partial charge in [0.25, 0.3) is 0 Å². The first-order valence-electron chi connectivity index (χ1n) is 6.93. The second-order valence-electron chi connectivity index (χ2n) is 4.68.